The number of thiocarbonyl (C=S) groups is 1. The van der Waals surface area contributed by atoms with Crippen molar-refractivity contribution >= 4 is 51.6 Å². The van der Waals surface area contributed by atoms with Crippen LogP contribution in [0.15, 0.2) is 46.9 Å². The van der Waals surface area contributed by atoms with Crippen molar-refractivity contribution in [2.45, 2.75) is 0 Å². The van der Waals surface area contributed by atoms with E-state index in [0.29, 0.717) is 33.3 Å². The van der Waals surface area contributed by atoms with Gasteiger partial charge in [0.1, 0.15) is 11.1 Å². The van der Waals surface area contributed by atoms with Crippen LogP contribution in [0, 0.1) is 23.3 Å². The predicted octanol–water partition coefficient (Wildman–Crippen LogP) is 5.84. The summed E-state index contributed by atoms with van der Waals surface area (Å²) in [6, 6.07) is 11.5. The third-order valence-corrected chi connectivity index (χ3v) is 5.07. The molecule has 0 fully saturated rings. The molecule has 3 aromatic carbocycles. The highest BCUT2D eigenvalue weighted by Gasteiger charge is 2.30. The largest absolute Gasteiger partial charge is 0.491 e. The number of nitrogens with one attached hydrogen (secondary N) is 2. The topological polar surface area (TPSA) is 76.4 Å². The highest BCUT2D eigenvalue weighted by molar-refractivity contribution is 7.80. The maximum Gasteiger partial charge on any atom is 0.263 e. The van der Waals surface area contributed by atoms with Crippen molar-refractivity contribution in [3.05, 3.63) is 76.3 Å². The van der Waals surface area contributed by atoms with Gasteiger partial charge in [0, 0.05) is 16.3 Å². The predicted molar refractivity (Wildman–Crippen MR) is 121 cm³/mol. The van der Waals surface area contributed by atoms with Gasteiger partial charge in [0.2, 0.25) is 17.5 Å². The van der Waals surface area contributed by atoms with Gasteiger partial charge in [0.25, 0.3) is 5.91 Å². The van der Waals surface area contributed by atoms with Crippen molar-refractivity contribution in [2.24, 2.45) is 0 Å². The van der Waals surface area contributed by atoms with Gasteiger partial charge in [-0.3, -0.25) is 10.1 Å². The van der Waals surface area contributed by atoms with Gasteiger partial charge in [0.05, 0.1) is 7.11 Å². The first kappa shape index (κ1) is 23.5. The monoisotopic (exact) mass is 509 g/mol. The molecule has 0 aliphatic carbocycles. The van der Waals surface area contributed by atoms with Gasteiger partial charge in [-0.25, -0.2) is 13.8 Å². The van der Waals surface area contributed by atoms with Crippen LogP contribution in [0.5, 0.6) is 5.75 Å². The van der Waals surface area contributed by atoms with Crippen LogP contribution >= 0.6 is 23.8 Å². The minimum Gasteiger partial charge on any atom is -0.491 e. The third-order valence-electron chi connectivity index (χ3n) is 4.62. The van der Waals surface area contributed by atoms with Gasteiger partial charge >= 0.3 is 0 Å². The summed E-state index contributed by atoms with van der Waals surface area (Å²) in [7, 11) is 0.823. The Morgan fingerprint density at radius 2 is 1.68 bits per heavy atom. The van der Waals surface area contributed by atoms with Crippen LogP contribution in [-0.4, -0.2) is 23.1 Å². The van der Waals surface area contributed by atoms with E-state index in [1.54, 1.807) is 42.5 Å². The highest BCUT2D eigenvalue weighted by Crippen LogP contribution is 2.30. The van der Waals surface area contributed by atoms with Crippen LogP contribution < -0.4 is 15.4 Å². The van der Waals surface area contributed by atoms with E-state index in [0.717, 1.165) is 7.11 Å². The molecule has 0 saturated carbocycles. The van der Waals surface area contributed by atoms with Crippen LogP contribution in [0.1, 0.15) is 10.4 Å². The number of anilines is 1. The molecule has 0 aliphatic rings. The molecule has 0 radical (unpaired) electrons. The smallest absolute Gasteiger partial charge is 0.263 e. The number of aromatic nitrogens is 1. The minimum absolute atomic E-state index is 0.342. The summed E-state index contributed by atoms with van der Waals surface area (Å²) in [6.07, 6.45) is 0. The molecule has 34 heavy (non-hydrogen) atoms. The Bertz CT molecular complexity index is 1410. The molecule has 0 saturated heterocycles. The van der Waals surface area contributed by atoms with Crippen LogP contribution in [0.25, 0.3) is 22.6 Å². The van der Waals surface area contributed by atoms with E-state index in [1.165, 1.54) is 0 Å². The Morgan fingerprint density at radius 3 is 2.29 bits per heavy atom. The number of oxazole rings is 1. The molecule has 0 aliphatic heterocycles. The SMILES string of the molecule is COc1c(F)c(F)c(C(=O)NC(=S)Nc2ccc3oc(-c4ccc(Cl)cc4)nc3c2)c(F)c1F. The molecule has 0 unspecified atom stereocenters. The Balaban J connectivity index is 1.52. The first-order valence-electron chi connectivity index (χ1n) is 9.38. The van der Waals surface area contributed by atoms with Crippen molar-refractivity contribution in [1.82, 2.24) is 10.3 Å². The van der Waals surface area contributed by atoms with Crippen LogP contribution in [-0.2, 0) is 0 Å². The van der Waals surface area contributed by atoms with Gasteiger partial charge in [0.15, 0.2) is 28.1 Å². The van der Waals surface area contributed by atoms with E-state index in [-0.39, 0.29) is 5.11 Å². The van der Waals surface area contributed by atoms with Gasteiger partial charge in [-0.15, -0.1) is 0 Å². The number of carbonyl (C=O) groups excluding carboxylic acids is 1. The van der Waals surface area contributed by atoms with Gasteiger partial charge in [-0.05, 0) is 54.7 Å². The average Bonchev–Trinajstić information content (AvgIpc) is 3.22. The number of halogens is 5. The molecule has 1 amide bonds. The van der Waals surface area contributed by atoms with E-state index in [1.807, 2.05) is 5.32 Å². The van der Waals surface area contributed by atoms with E-state index in [4.69, 9.17) is 28.2 Å². The quantitative estimate of drug-likeness (QED) is 0.204. The van der Waals surface area contributed by atoms with E-state index < -0.39 is 40.5 Å². The summed E-state index contributed by atoms with van der Waals surface area (Å²) >= 11 is 10.9. The van der Waals surface area contributed by atoms with Crippen LogP contribution in [0.3, 0.4) is 0 Å². The van der Waals surface area contributed by atoms with Crippen LogP contribution in [0.2, 0.25) is 5.02 Å². The molecular formula is C22H12ClF4N3O3S. The number of hydrogen-bond donors (Lipinski definition) is 2. The summed E-state index contributed by atoms with van der Waals surface area (Å²) in [6.45, 7) is 0. The number of fused-ring (bicyclic) bond motifs is 1. The van der Waals surface area contributed by atoms with Gasteiger partial charge in [-0.1, -0.05) is 11.6 Å². The number of nitrogens with zero attached hydrogens (tertiary/aromatic N) is 1. The maximum absolute atomic E-state index is 14.1. The normalized spacial score (nSPS) is 10.9. The van der Waals surface area contributed by atoms with E-state index in [2.05, 4.69) is 15.0 Å². The summed E-state index contributed by atoms with van der Waals surface area (Å²) < 4.78 is 66.0. The second-order valence-electron chi connectivity index (χ2n) is 6.78. The zero-order valence-corrected chi connectivity index (χ0v) is 18.6. The molecule has 4 aromatic rings. The lowest BCUT2D eigenvalue weighted by molar-refractivity contribution is 0.0966. The molecule has 0 atom stereocenters. The van der Waals surface area contributed by atoms with E-state index >= 15 is 0 Å². The van der Waals surface area contributed by atoms with Crippen molar-refractivity contribution in [3.8, 4) is 17.2 Å². The average molecular weight is 510 g/mol. The molecule has 174 valence electrons. The molecule has 1 aromatic heterocycles. The number of methoxy groups -OCH3 is 1. The lowest BCUT2D eigenvalue weighted by atomic mass is 10.1. The van der Waals surface area contributed by atoms with Crippen molar-refractivity contribution in [3.63, 3.8) is 0 Å². The Hall–Kier alpha value is -3.70. The van der Waals surface area contributed by atoms with Crippen LogP contribution in [0.4, 0.5) is 23.2 Å². The number of benzene rings is 3. The third kappa shape index (κ3) is 4.39. The zero-order chi connectivity index (χ0) is 24.6. The number of carbonyl (C=O) groups is 1. The summed E-state index contributed by atoms with van der Waals surface area (Å²) in [4.78, 5) is 16.6. The molecule has 0 spiro atoms. The molecule has 1 heterocycles. The zero-order valence-electron chi connectivity index (χ0n) is 17.0. The second kappa shape index (κ2) is 9.27. The first-order chi connectivity index (χ1) is 16.2. The molecular weight excluding hydrogens is 498 g/mol. The Labute approximate surface area is 199 Å². The second-order valence-corrected chi connectivity index (χ2v) is 7.63. The summed E-state index contributed by atoms with van der Waals surface area (Å²) in [5.74, 6) is -9.98. The summed E-state index contributed by atoms with van der Waals surface area (Å²) in [5.41, 5.74) is 0.460. The Morgan fingerprint density at radius 1 is 1.03 bits per heavy atom. The minimum atomic E-state index is -1.92. The Kier molecular flexibility index (Phi) is 6.40. The number of ether oxygens (including phenoxy) is 1. The number of rotatable bonds is 4. The number of amides is 1. The lowest BCUT2D eigenvalue weighted by Crippen LogP contribution is -2.35. The molecule has 6 nitrogen and oxygen atoms in total. The standard InChI is InChI=1S/C22H12ClF4N3O3S/c1-32-19-17(26)15(24)14(16(25)18(19)27)20(31)30-22(34)28-11-6-7-13-12(8-11)29-21(33-13)9-2-4-10(23)5-3-9/h2-8H,1H3,(H2,28,30,31,34). The van der Waals surface area contributed by atoms with E-state index in [9.17, 15) is 22.4 Å². The molecule has 0 bridgehead atoms. The van der Waals surface area contributed by atoms with Gasteiger partial charge < -0.3 is 14.5 Å². The van der Waals surface area contributed by atoms with Gasteiger partial charge in [-0.2, -0.15) is 8.78 Å². The molecule has 2 N–H and O–H groups in total. The van der Waals surface area contributed by atoms with Crippen molar-refractivity contribution in [1.29, 1.82) is 0 Å². The van der Waals surface area contributed by atoms with Crippen molar-refractivity contribution in [2.75, 3.05) is 12.4 Å². The molecule has 12 heteroatoms. The summed E-state index contributed by atoms with van der Waals surface area (Å²) in [5, 5.41) is 4.77. The fraction of sp³-hybridized carbons (Fsp3) is 0.0455. The fourth-order valence-electron chi connectivity index (χ4n) is 3.04. The fourth-order valence-corrected chi connectivity index (χ4v) is 3.38. The van der Waals surface area contributed by atoms with Crippen molar-refractivity contribution < 1.29 is 31.5 Å². The highest BCUT2D eigenvalue weighted by atomic mass is 35.5. The number of hydrogen-bond acceptors (Lipinski definition) is 5. The lowest BCUT2D eigenvalue weighted by Gasteiger charge is -2.12. The first-order valence-corrected chi connectivity index (χ1v) is 10.2. The maximum atomic E-state index is 14.1. The molecule has 4 rings (SSSR count).